The first-order valence-electron chi connectivity index (χ1n) is 4.45. The van der Waals surface area contributed by atoms with E-state index in [2.05, 4.69) is 20.0 Å². The van der Waals surface area contributed by atoms with Crippen molar-refractivity contribution in [2.45, 2.75) is 19.4 Å². The van der Waals surface area contributed by atoms with Crippen LogP contribution in [0.15, 0.2) is 12.5 Å². The zero-order valence-electron chi connectivity index (χ0n) is 8.61. The van der Waals surface area contributed by atoms with Crippen LogP contribution in [0.4, 0.5) is 0 Å². The summed E-state index contributed by atoms with van der Waals surface area (Å²) >= 11 is 0. The third-order valence-corrected chi connectivity index (χ3v) is 1.84. The maximum Gasteiger partial charge on any atom is 0.328 e. The van der Waals surface area contributed by atoms with Crippen molar-refractivity contribution in [3.05, 3.63) is 18.2 Å². The van der Waals surface area contributed by atoms with Gasteiger partial charge in [-0.05, 0) is 0 Å². The number of nitrogens with one attached hydrogen (secondary N) is 2. The number of methoxy groups -OCH3 is 1. The summed E-state index contributed by atoms with van der Waals surface area (Å²) < 4.78 is 4.57. The molecule has 1 rings (SSSR count). The number of ether oxygens (including phenoxy) is 1. The number of hydrogen-bond acceptors (Lipinski definition) is 4. The van der Waals surface area contributed by atoms with Crippen molar-refractivity contribution in [1.29, 1.82) is 0 Å². The van der Waals surface area contributed by atoms with Crippen molar-refractivity contribution in [1.82, 2.24) is 15.3 Å². The molecule has 0 bridgehead atoms. The summed E-state index contributed by atoms with van der Waals surface area (Å²) in [6, 6.07) is -0.673. The average molecular weight is 211 g/mol. The lowest BCUT2D eigenvalue weighted by molar-refractivity contribution is -0.144. The van der Waals surface area contributed by atoms with E-state index in [1.165, 1.54) is 20.4 Å². The number of imidazole rings is 1. The van der Waals surface area contributed by atoms with Crippen molar-refractivity contribution in [3.63, 3.8) is 0 Å². The first kappa shape index (κ1) is 11.2. The second kappa shape index (κ2) is 5.14. The van der Waals surface area contributed by atoms with E-state index in [9.17, 15) is 9.59 Å². The molecule has 6 heteroatoms. The van der Waals surface area contributed by atoms with Gasteiger partial charge in [-0.2, -0.15) is 0 Å². The number of carbonyl (C=O) groups is 2. The van der Waals surface area contributed by atoms with Gasteiger partial charge in [0.2, 0.25) is 5.91 Å². The lowest BCUT2D eigenvalue weighted by atomic mass is 10.1. The number of aromatic amines is 1. The number of amides is 1. The molecule has 0 aliphatic heterocycles. The molecule has 0 aliphatic rings. The first-order chi connectivity index (χ1) is 7.13. The zero-order chi connectivity index (χ0) is 11.3. The Bertz CT molecular complexity index is 334. The maximum absolute atomic E-state index is 11.3. The number of H-pyrrole nitrogens is 1. The molecule has 0 aromatic carbocycles. The molecule has 1 amide bonds. The summed E-state index contributed by atoms with van der Waals surface area (Å²) in [7, 11) is 1.28. The van der Waals surface area contributed by atoms with E-state index in [0.717, 1.165) is 5.69 Å². The van der Waals surface area contributed by atoms with E-state index in [1.54, 1.807) is 6.20 Å². The molecule has 0 saturated heterocycles. The predicted molar refractivity (Wildman–Crippen MR) is 51.9 cm³/mol. The Morgan fingerprint density at radius 3 is 2.87 bits per heavy atom. The van der Waals surface area contributed by atoms with Gasteiger partial charge in [0.15, 0.2) is 0 Å². The molecular formula is C9H13N3O3. The molecule has 0 aliphatic carbocycles. The fraction of sp³-hybridized carbons (Fsp3) is 0.444. The normalized spacial score (nSPS) is 11.9. The van der Waals surface area contributed by atoms with Crippen LogP contribution in [0.3, 0.4) is 0 Å². The van der Waals surface area contributed by atoms with Crippen LogP contribution in [0.5, 0.6) is 0 Å². The van der Waals surface area contributed by atoms with E-state index in [0.29, 0.717) is 6.42 Å². The summed E-state index contributed by atoms with van der Waals surface area (Å²) in [5, 5.41) is 2.51. The van der Waals surface area contributed by atoms with Gasteiger partial charge in [-0.25, -0.2) is 9.78 Å². The molecule has 82 valence electrons. The summed E-state index contributed by atoms with van der Waals surface area (Å²) in [6.45, 7) is 1.35. The van der Waals surface area contributed by atoms with E-state index in [-0.39, 0.29) is 5.91 Å². The van der Waals surface area contributed by atoms with Crippen LogP contribution in [0.25, 0.3) is 0 Å². The molecule has 0 radical (unpaired) electrons. The van der Waals surface area contributed by atoms with Crippen LogP contribution in [0, 0.1) is 0 Å². The number of hydrogen-bond donors (Lipinski definition) is 2. The Balaban J connectivity index is 2.64. The highest BCUT2D eigenvalue weighted by molar-refractivity contribution is 5.83. The van der Waals surface area contributed by atoms with E-state index in [4.69, 9.17) is 0 Å². The molecule has 1 unspecified atom stereocenters. The van der Waals surface area contributed by atoms with Gasteiger partial charge in [-0.1, -0.05) is 0 Å². The van der Waals surface area contributed by atoms with Crippen LogP contribution >= 0.6 is 0 Å². The average Bonchev–Trinajstić information content (AvgIpc) is 2.67. The summed E-state index contributed by atoms with van der Waals surface area (Å²) in [4.78, 5) is 28.8. The van der Waals surface area contributed by atoms with Gasteiger partial charge >= 0.3 is 5.97 Å². The van der Waals surface area contributed by atoms with E-state index >= 15 is 0 Å². The minimum absolute atomic E-state index is 0.273. The van der Waals surface area contributed by atoms with Gasteiger partial charge in [0.25, 0.3) is 0 Å². The molecule has 1 atom stereocenters. The monoisotopic (exact) mass is 211 g/mol. The number of carbonyl (C=O) groups excluding carboxylic acids is 2. The number of nitrogens with zero attached hydrogens (tertiary/aromatic N) is 1. The molecule has 0 spiro atoms. The minimum Gasteiger partial charge on any atom is -0.467 e. The SMILES string of the molecule is COC(=O)C(Cc1cnc[nH]1)NC(C)=O. The standard InChI is InChI=1S/C9H13N3O3/c1-6(13)12-8(9(14)15-2)3-7-4-10-5-11-7/h4-5,8H,3H2,1-2H3,(H,10,11)(H,12,13). The third kappa shape index (κ3) is 3.41. The fourth-order valence-electron chi connectivity index (χ4n) is 1.20. The van der Waals surface area contributed by atoms with Crippen LogP contribution in [0.2, 0.25) is 0 Å². The Labute approximate surface area is 87.0 Å². The predicted octanol–water partition coefficient (Wildman–Crippen LogP) is -0.370. The largest absolute Gasteiger partial charge is 0.467 e. The zero-order valence-corrected chi connectivity index (χ0v) is 8.61. The highest BCUT2D eigenvalue weighted by atomic mass is 16.5. The Kier molecular flexibility index (Phi) is 3.84. The molecule has 2 N–H and O–H groups in total. The van der Waals surface area contributed by atoms with Gasteiger partial charge in [0, 0.05) is 25.2 Å². The fourth-order valence-corrected chi connectivity index (χ4v) is 1.20. The first-order valence-corrected chi connectivity index (χ1v) is 4.45. The second-order valence-corrected chi connectivity index (χ2v) is 3.06. The summed E-state index contributed by atoms with van der Waals surface area (Å²) in [6.07, 6.45) is 3.45. The van der Waals surface area contributed by atoms with E-state index in [1.807, 2.05) is 0 Å². The van der Waals surface area contributed by atoms with Crippen molar-refractivity contribution >= 4 is 11.9 Å². The lowest BCUT2D eigenvalue weighted by Gasteiger charge is -2.13. The molecule has 1 aromatic rings. The second-order valence-electron chi connectivity index (χ2n) is 3.06. The molecule has 15 heavy (non-hydrogen) atoms. The van der Waals surface area contributed by atoms with E-state index < -0.39 is 12.0 Å². The number of rotatable bonds is 4. The summed E-state index contributed by atoms with van der Waals surface area (Å²) in [5.41, 5.74) is 0.763. The topological polar surface area (TPSA) is 84.1 Å². The molecule has 0 fully saturated rings. The van der Waals surface area contributed by atoms with Crippen molar-refractivity contribution < 1.29 is 14.3 Å². The van der Waals surface area contributed by atoms with Gasteiger partial charge < -0.3 is 15.0 Å². The van der Waals surface area contributed by atoms with Gasteiger partial charge in [-0.3, -0.25) is 4.79 Å². The molecular weight excluding hydrogens is 198 g/mol. The van der Waals surface area contributed by atoms with Crippen molar-refractivity contribution in [2.24, 2.45) is 0 Å². The third-order valence-electron chi connectivity index (χ3n) is 1.84. The summed E-state index contributed by atoms with van der Waals surface area (Å²) in [5.74, 6) is -0.746. The van der Waals surface area contributed by atoms with Crippen LogP contribution < -0.4 is 5.32 Å². The number of aromatic nitrogens is 2. The van der Waals surface area contributed by atoms with Gasteiger partial charge in [0.05, 0.1) is 13.4 Å². The van der Waals surface area contributed by atoms with Crippen LogP contribution in [-0.4, -0.2) is 35.0 Å². The van der Waals surface area contributed by atoms with Crippen molar-refractivity contribution in [2.75, 3.05) is 7.11 Å². The van der Waals surface area contributed by atoms with Crippen molar-refractivity contribution in [3.8, 4) is 0 Å². The maximum atomic E-state index is 11.3. The van der Waals surface area contributed by atoms with Gasteiger partial charge in [0.1, 0.15) is 6.04 Å². The minimum atomic E-state index is -0.673. The smallest absolute Gasteiger partial charge is 0.328 e. The highest BCUT2D eigenvalue weighted by Gasteiger charge is 2.20. The molecule has 6 nitrogen and oxygen atoms in total. The Hall–Kier alpha value is -1.85. The van der Waals surface area contributed by atoms with Crippen LogP contribution in [0.1, 0.15) is 12.6 Å². The van der Waals surface area contributed by atoms with Crippen LogP contribution in [-0.2, 0) is 20.7 Å². The Morgan fingerprint density at radius 2 is 2.40 bits per heavy atom. The lowest BCUT2D eigenvalue weighted by Crippen LogP contribution is -2.42. The molecule has 1 aromatic heterocycles. The molecule has 1 heterocycles. The van der Waals surface area contributed by atoms with Gasteiger partial charge in [-0.15, -0.1) is 0 Å². The number of esters is 1. The quantitative estimate of drug-likeness (QED) is 0.665. The molecule has 0 saturated carbocycles. The highest BCUT2D eigenvalue weighted by Crippen LogP contribution is 2.00. The Morgan fingerprint density at radius 1 is 1.67 bits per heavy atom.